The Hall–Kier alpha value is -1.10. The molecule has 1 aliphatic rings. The fourth-order valence-corrected chi connectivity index (χ4v) is 3.48. The lowest BCUT2D eigenvalue weighted by Gasteiger charge is -2.21. The van der Waals surface area contributed by atoms with Crippen molar-refractivity contribution in [1.29, 1.82) is 0 Å². The Bertz CT molecular complexity index is 461. The molecule has 0 atom stereocenters. The van der Waals surface area contributed by atoms with Gasteiger partial charge in [0.2, 0.25) is 0 Å². The van der Waals surface area contributed by atoms with Crippen LogP contribution in [0.5, 0.6) is 0 Å². The van der Waals surface area contributed by atoms with Crippen LogP contribution in [-0.4, -0.2) is 30.6 Å². The number of thiazole rings is 1. The summed E-state index contributed by atoms with van der Waals surface area (Å²) in [6.45, 7) is 9.24. The molecule has 5 heteroatoms. The molecule has 0 saturated heterocycles. The van der Waals surface area contributed by atoms with Crippen LogP contribution in [0.15, 0.2) is 10.4 Å². The Morgan fingerprint density at radius 2 is 2.14 bits per heavy atom. The maximum Gasteiger partial charge on any atom is 0.191 e. The Balaban J connectivity index is 1.80. The van der Waals surface area contributed by atoms with E-state index in [2.05, 4.69) is 41.8 Å². The minimum absolute atomic E-state index is 0.411. The molecule has 0 aromatic carbocycles. The van der Waals surface area contributed by atoms with Crippen LogP contribution < -0.4 is 10.6 Å². The van der Waals surface area contributed by atoms with Gasteiger partial charge < -0.3 is 10.6 Å². The molecule has 1 aliphatic carbocycles. The SMILES string of the molecule is CCNC(=NCC1(C)CCCC1)NCCc1csc(C)n1. The van der Waals surface area contributed by atoms with E-state index >= 15 is 0 Å². The number of guanidine groups is 1. The van der Waals surface area contributed by atoms with Crippen LogP contribution in [0.2, 0.25) is 0 Å². The second kappa shape index (κ2) is 7.78. The van der Waals surface area contributed by atoms with Gasteiger partial charge in [0, 0.05) is 31.4 Å². The monoisotopic (exact) mass is 308 g/mol. The van der Waals surface area contributed by atoms with E-state index in [4.69, 9.17) is 4.99 Å². The van der Waals surface area contributed by atoms with Crippen LogP contribution in [0.25, 0.3) is 0 Å². The number of nitrogens with one attached hydrogen (secondary N) is 2. The standard InChI is InChI=1S/C16H28N4S/c1-4-17-15(19-12-16(3)8-5-6-9-16)18-10-7-14-11-21-13(2)20-14/h11H,4-10,12H2,1-3H3,(H2,17,18,19). The Morgan fingerprint density at radius 1 is 1.38 bits per heavy atom. The molecule has 1 heterocycles. The number of rotatable bonds is 6. The van der Waals surface area contributed by atoms with Crippen molar-refractivity contribution in [3.8, 4) is 0 Å². The molecule has 0 aliphatic heterocycles. The highest BCUT2D eigenvalue weighted by Gasteiger charge is 2.28. The first-order chi connectivity index (χ1) is 10.1. The highest BCUT2D eigenvalue weighted by atomic mass is 32.1. The third-order valence-corrected chi connectivity index (χ3v) is 4.94. The highest BCUT2D eigenvalue weighted by molar-refractivity contribution is 7.09. The fourth-order valence-electron chi connectivity index (χ4n) is 2.83. The van der Waals surface area contributed by atoms with E-state index in [1.165, 1.54) is 31.4 Å². The summed E-state index contributed by atoms with van der Waals surface area (Å²) in [6, 6.07) is 0. The average molecular weight is 308 g/mol. The molecule has 2 rings (SSSR count). The minimum atomic E-state index is 0.411. The number of aromatic nitrogens is 1. The predicted molar refractivity (Wildman–Crippen MR) is 91.1 cm³/mol. The van der Waals surface area contributed by atoms with Gasteiger partial charge >= 0.3 is 0 Å². The molecule has 2 N–H and O–H groups in total. The quantitative estimate of drug-likeness (QED) is 0.627. The normalized spacial score (nSPS) is 18.0. The van der Waals surface area contributed by atoms with Gasteiger partial charge in [0.25, 0.3) is 0 Å². The first-order valence-corrected chi connectivity index (χ1v) is 8.92. The first-order valence-electron chi connectivity index (χ1n) is 8.04. The summed E-state index contributed by atoms with van der Waals surface area (Å²) in [4.78, 5) is 9.27. The smallest absolute Gasteiger partial charge is 0.191 e. The zero-order valence-electron chi connectivity index (χ0n) is 13.5. The van der Waals surface area contributed by atoms with Gasteiger partial charge in [-0.25, -0.2) is 4.98 Å². The van der Waals surface area contributed by atoms with Crippen LogP contribution >= 0.6 is 11.3 Å². The van der Waals surface area contributed by atoms with Crippen molar-refractivity contribution >= 4 is 17.3 Å². The molecule has 21 heavy (non-hydrogen) atoms. The predicted octanol–water partition coefficient (Wildman–Crippen LogP) is 3.13. The van der Waals surface area contributed by atoms with Gasteiger partial charge in [-0.05, 0) is 32.1 Å². The van der Waals surface area contributed by atoms with Crippen molar-refractivity contribution in [2.24, 2.45) is 10.4 Å². The molecule has 1 fully saturated rings. The Morgan fingerprint density at radius 3 is 2.76 bits per heavy atom. The van der Waals surface area contributed by atoms with Gasteiger partial charge in [-0.3, -0.25) is 4.99 Å². The molecular formula is C16H28N4S. The van der Waals surface area contributed by atoms with Crippen LogP contribution in [0.3, 0.4) is 0 Å². The number of hydrogen-bond acceptors (Lipinski definition) is 3. The van der Waals surface area contributed by atoms with Gasteiger partial charge in [-0.2, -0.15) is 0 Å². The summed E-state index contributed by atoms with van der Waals surface area (Å²) >= 11 is 1.72. The van der Waals surface area contributed by atoms with Crippen LogP contribution in [0.4, 0.5) is 0 Å². The topological polar surface area (TPSA) is 49.3 Å². The summed E-state index contributed by atoms with van der Waals surface area (Å²) in [5, 5.41) is 10.0. The van der Waals surface area contributed by atoms with E-state index in [1.54, 1.807) is 11.3 Å². The zero-order chi connectivity index (χ0) is 15.1. The number of nitrogens with zero attached hydrogens (tertiary/aromatic N) is 2. The van der Waals surface area contributed by atoms with Crippen molar-refractivity contribution in [2.45, 2.75) is 52.9 Å². The third kappa shape index (κ3) is 5.30. The van der Waals surface area contributed by atoms with Crippen LogP contribution in [0.1, 0.15) is 50.2 Å². The number of aliphatic imine (C=N–C) groups is 1. The van der Waals surface area contributed by atoms with E-state index in [1.807, 2.05) is 0 Å². The van der Waals surface area contributed by atoms with E-state index in [0.29, 0.717) is 5.41 Å². The molecule has 1 saturated carbocycles. The van der Waals surface area contributed by atoms with Crippen molar-refractivity contribution in [3.05, 3.63) is 16.1 Å². The van der Waals surface area contributed by atoms with Gasteiger partial charge in [0.05, 0.1) is 10.7 Å². The summed E-state index contributed by atoms with van der Waals surface area (Å²) in [5.41, 5.74) is 1.58. The number of aryl methyl sites for hydroxylation is 1. The molecule has 0 radical (unpaired) electrons. The maximum atomic E-state index is 4.78. The first kappa shape index (κ1) is 16.3. The van der Waals surface area contributed by atoms with Crippen LogP contribution in [0, 0.1) is 12.3 Å². The molecule has 118 valence electrons. The average Bonchev–Trinajstić information content (AvgIpc) is 3.06. The van der Waals surface area contributed by atoms with Gasteiger partial charge in [0.15, 0.2) is 5.96 Å². The summed E-state index contributed by atoms with van der Waals surface area (Å²) in [6.07, 6.45) is 6.30. The maximum absolute atomic E-state index is 4.78. The summed E-state index contributed by atoms with van der Waals surface area (Å²) < 4.78 is 0. The molecule has 0 bridgehead atoms. The largest absolute Gasteiger partial charge is 0.357 e. The summed E-state index contributed by atoms with van der Waals surface area (Å²) in [7, 11) is 0. The molecule has 1 aromatic heterocycles. The summed E-state index contributed by atoms with van der Waals surface area (Å²) in [5.74, 6) is 0.942. The van der Waals surface area contributed by atoms with Gasteiger partial charge in [-0.1, -0.05) is 19.8 Å². The fraction of sp³-hybridized carbons (Fsp3) is 0.750. The second-order valence-electron chi connectivity index (χ2n) is 6.25. The minimum Gasteiger partial charge on any atom is -0.357 e. The highest BCUT2D eigenvalue weighted by Crippen LogP contribution is 2.37. The zero-order valence-corrected chi connectivity index (χ0v) is 14.4. The lowest BCUT2D eigenvalue weighted by atomic mass is 9.89. The van der Waals surface area contributed by atoms with Crippen molar-refractivity contribution in [2.75, 3.05) is 19.6 Å². The molecule has 0 amide bonds. The van der Waals surface area contributed by atoms with Crippen molar-refractivity contribution in [1.82, 2.24) is 15.6 Å². The Labute approximate surface area is 132 Å². The van der Waals surface area contributed by atoms with Gasteiger partial charge in [-0.15, -0.1) is 11.3 Å². The van der Waals surface area contributed by atoms with E-state index in [-0.39, 0.29) is 0 Å². The second-order valence-corrected chi connectivity index (χ2v) is 7.31. The molecule has 4 nitrogen and oxygen atoms in total. The molecular weight excluding hydrogens is 280 g/mol. The van der Waals surface area contributed by atoms with Crippen molar-refractivity contribution in [3.63, 3.8) is 0 Å². The number of hydrogen-bond donors (Lipinski definition) is 2. The molecule has 0 unspecified atom stereocenters. The van der Waals surface area contributed by atoms with Crippen LogP contribution in [-0.2, 0) is 6.42 Å². The molecule has 0 spiro atoms. The van der Waals surface area contributed by atoms with E-state index in [9.17, 15) is 0 Å². The van der Waals surface area contributed by atoms with Gasteiger partial charge in [0.1, 0.15) is 0 Å². The molecule has 1 aromatic rings. The van der Waals surface area contributed by atoms with E-state index in [0.717, 1.165) is 37.0 Å². The van der Waals surface area contributed by atoms with Crippen molar-refractivity contribution < 1.29 is 0 Å². The lowest BCUT2D eigenvalue weighted by molar-refractivity contribution is 0.350. The third-order valence-electron chi connectivity index (χ3n) is 4.11. The van der Waals surface area contributed by atoms with E-state index < -0.39 is 0 Å². The Kier molecular flexibility index (Phi) is 6.03. The lowest BCUT2D eigenvalue weighted by Crippen LogP contribution is -2.39.